The van der Waals surface area contributed by atoms with Crippen LogP contribution in [0, 0.1) is 6.92 Å². The molecule has 0 aliphatic rings. The molecule has 1 amide bonds. The molecular formula is C17H19NOS. The van der Waals surface area contributed by atoms with E-state index in [2.05, 4.69) is 31.7 Å². The fraction of sp³-hybridized carbons (Fsp3) is 0.235. The lowest BCUT2D eigenvalue weighted by Crippen LogP contribution is -2.28. The summed E-state index contributed by atoms with van der Waals surface area (Å²) in [6, 6.07) is 15.9. The van der Waals surface area contributed by atoms with Crippen molar-refractivity contribution in [1.29, 1.82) is 0 Å². The molecule has 104 valence electrons. The predicted molar refractivity (Wildman–Crippen MR) is 85.1 cm³/mol. The molecule has 0 saturated heterocycles. The van der Waals surface area contributed by atoms with Crippen molar-refractivity contribution in [2.24, 2.45) is 0 Å². The maximum Gasteiger partial charge on any atom is 0.227 e. The van der Waals surface area contributed by atoms with E-state index in [9.17, 15) is 4.79 Å². The molecule has 0 aliphatic heterocycles. The molecule has 0 aliphatic carbocycles. The maximum absolute atomic E-state index is 12.2. The van der Waals surface area contributed by atoms with Gasteiger partial charge in [0.15, 0.2) is 0 Å². The normalized spacial score (nSPS) is 10.3. The average Bonchev–Trinajstić information content (AvgIpc) is 2.44. The number of hydrogen-bond donors (Lipinski definition) is 1. The average molecular weight is 285 g/mol. The van der Waals surface area contributed by atoms with E-state index in [1.807, 2.05) is 43.4 Å². The molecule has 2 rings (SSSR count). The van der Waals surface area contributed by atoms with Crippen LogP contribution in [0.3, 0.4) is 0 Å². The van der Waals surface area contributed by atoms with Gasteiger partial charge in [-0.3, -0.25) is 4.79 Å². The van der Waals surface area contributed by atoms with E-state index in [0.29, 0.717) is 13.0 Å². The van der Waals surface area contributed by atoms with Gasteiger partial charge in [-0.25, -0.2) is 0 Å². The molecule has 0 aromatic heterocycles. The summed E-state index contributed by atoms with van der Waals surface area (Å²) in [6.45, 7) is 2.72. The zero-order valence-electron chi connectivity index (χ0n) is 11.8. The largest absolute Gasteiger partial charge is 0.341 e. The van der Waals surface area contributed by atoms with Crippen molar-refractivity contribution < 1.29 is 4.79 Å². The Labute approximate surface area is 125 Å². The van der Waals surface area contributed by atoms with Crippen molar-refractivity contribution in [3.63, 3.8) is 0 Å². The number of benzene rings is 2. The first kappa shape index (κ1) is 14.7. The minimum atomic E-state index is 0.125. The van der Waals surface area contributed by atoms with Crippen LogP contribution in [0.1, 0.15) is 16.7 Å². The molecule has 3 heteroatoms. The first-order chi connectivity index (χ1) is 9.56. The zero-order chi connectivity index (χ0) is 14.5. The molecule has 2 aromatic rings. The monoisotopic (exact) mass is 285 g/mol. The van der Waals surface area contributed by atoms with Crippen LogP contribution in [0.4, 0.5) is 0 Å². The molecule has 0 unspecified atom stereocenters. The van der Waals surface area contributed by atoms with Crippen LogP contribution in [0.15, 0.2) is 53.4 Å². The van der Waals surface area contributed by atoms with Crippen LogP contribution < -0.4 is 0 Å². The number of thiol groups is 1. The fourth-order valence-electron chi connectivity index (χ4n) is 2.05. The molecule has 2 aromatic carbocycles. The fourth-order valence-corrected chi connectivity index (χ4v) is 2.20. The van der Waals surface area contributed by atoms with Gasteiger partial charge in [0.1, 0.15) is 0 Å². The number of amides is 1. The summed E-state index contributed by atoms with van der Waals surface area (Å²) in [5.74, 6) is 0.125. The van der Waals surface area contributed by atoms with Crippen molar-refractivity contribution in [3.05, 3.63) is 65.2 Å². The molecule has 0 radical (unpaired) electrons. The third-order valence-corrected chi connectivity index (χ3v) is 3.68. The van der Waals surface area contributed by atoms with E-state index in [0.717, 1.165) is 10.5 Å². The quantitative estimate of drug-likeness (QED) is 0.853. The van der Waals surface area contributed by atoms with Crippen LogP contribution in [0.2, 0.25) is 0 Å². The van der Waals surface area contributed by atoms with Gasteiger partial charge in [0, 0.05) is 18.5 Å². The summed E-state index contributed by atoms with van der Waals surface area (Å²) >= 11 is 4.24. The predicted octanol–water partition coefficient (Wildman–Crippen LogP) is 3.48. The van der Waals surface area contributed by atoms with Gasteiger partial charge >= 0.3 is 0 Å². The van der Waals surface area contributed by atoms with E-state index < -0.39 is 0 Å². The number of hydrogen-bond acceptors (Lipinski definition) is 2. The van der Waals surface area contributed by atoms with Crippen molar-refractivity contribution >= 4 is 18.5 Å². The smallest absolute Gasteiger partial charge is 0.227 e. The van der Waals surface area contributed by atoms with Crippen LogP contribution in [0.25, 0.3) is 0 Å². The second-order valence-electron chi connectivity index (χ2n) is 5.02. The van der Waals surface area contributed by atoms with Gasteiger partial charge in [-0.2, -0.15) is 0 Å². The summed E-state index contributed by atoms with van der Waals surface area (Å²) in [7, 11) is 1.85. The van der Waals surface area contributed by atoms with E-state index in [-0.39, 0.29) is 5.91 Å². The lowest BCUT2D eigenvalue weighted by atomic mass is 10.1. The maximum atomic E-state index is 12.2. The summed E-state index contributed by atoms with van der Waals surface area (Å²) in [5.41, 5.74) is 3.42. The summed E-state index contributed by atoms with van der Waals surface area (Å²) in [6.07, 6.45) is 0.427. The van der Waals surface area contributed by atoms with Gasteiger partial charge in [-0.05, 0) is 35.7 Å². The number of nitrogens with zero attached hydrogens (tertiary/aromatic N) is 1. The number of carbonyl (C=O) groups excluding carboxylic acids is 1. The minimum Gasteiger partial charge on any atom is -0.341 e. The molecule has 0 heterocycles. The first-order valence-electron chi connectivity index (χ1n) is 6.62. The highest BCUT2D eigenvalue weighted by atomic mass is 32.1. The van der Waals surface area contributed by atoms with Gasteiger partial charge in [0.05, 0.1) is 6.42 Å². The number of carbonyl (C=O) groups is 1. The van der Waals surface area contributed by atoms with Crippen molar-refractivity contribution in [2.75, 3.05) is 7.05 Å². The second-order valence-corrected chi connectivity index (χ2v) is 5.54. The molecule has 0 saturated carbocycles. The van der Waals surface area contributed by atoms with Gasteiger partial charge in [0.25, 0.3) is 0 Å². The molecule has 20 heavy (non-hydrogen) atoms. The summed E-state index contributed by atoms with van der Waals surface area (Å²) in [4.78, 5) is 14.9. The molecule has 2 nitrogen and oxygen atoms in total. The third-order valence-electron chi connectivity index (χ3n) is 3.39. The molecule has 0 spiro atoms. The van der Waals surface area contributed by atoms with E-state index in [1.165, 1.54) is 11.1 Å². The van der Waals surface area contributed by atoms with Crippen LogP contribution in [-0.4, -0.2) is 17.9 Å². The highest BCUT2D eigenvalue weighted by Gasteiger charge is 2.11. The van der Waals surface area contributed by atoms with E-state index in [1.54, 1.807) is 4.90 Å². The standard InChI is InChI=1S/C17H19NOS/c1-13-5-3-4-6-15(13)12-18(2)17(19)11-14-7-9-16(20)10-8-14/h3-10,20H,11-12H2,1-2H3. The topological polar surface area (TPSA) is 20.3 Å². The van der Waals surface area contributed by atoms with Crippen LogP contribution >= 0.6 is 12.6 Å². The minimum absolute atomic E-state index is 0.125. The Balaban J connectivity index is 1.99. The van der Waals surface area contributed by atoms with Crippen molar-refractivity contribution in [3.8, 4) is 0 Å². The number of rotatable bonds is 4. The van der Waals surface area contributed by atoms with Gasteiger partial charge in [-0.15, -0.1) is 12.6 Å². The highest BCUT2D eigenvalue weighted by molar-refractivity contribution is 7.80. The molecule has 0 atom stereocenters. The van der Waals surface area contributed by atoms with Gasteiger partial charge in [0.2, 0.25) is 5.91 Å². The molecule has 0 bridgehead atoms. The van der Waals surface area contributed by atoms with E-state index >= 15 is 0 Å². The van der Waals surface area contributed by atoms with Gasteiger partial charge < -0.3 is 4.90 Å². The Morgan fingerprint density at radius 3 is 2.40 bits per heavy atom. The lowest BCUT2D eigenvalue weighted by molar-refractivity contribution is -0.129. The second kappa shape index (κ2) is 6.62. The summed E-state index contributed by atoms with van der Waals surface area (Å²) < 4.78 is 0. The first-order valence-corrected chi connectivity index (χ1v) is 7.07. The third kappa shape index (κ3) is 3.87. The van der Waals surface area contributed by atoms with Crippen LogP contribution in [0.5, 0.6) is 0 Å². The van der Waals surface area contributed by atoms with E-state index in [4.69, 9.17) is 0 Å². The molecule has 0 fully saturated rings. The van der Waals surface area contributed by atoms with Crippen molar-refractivity contribution in [2.45, 2.75) is 24.8 Å². The van der Waals surface area contributed by atoms with Gasteiger partial charge in [-0.1, -0.05) is 36.4 Å². The summed E-state index contributed by atoms with van der Waals surface area (Å²) in [5, 5.41) is 0. The SMILES string of the molecule is Cc1ccccc1CN(C)C(=O)Cc1ccc(S)cc1. The highest BCUT2D eigenvalue weighted by Crippen LogP contribution is 2.12. The Bertz CT molecular complexity index is 592. The Kier molecular flexibility index (Phi) is 4.85. The molecular weight excluding hydrogens is 266 g/mol. The number of likely N-dealkylation sites (N-methyl/N-ethyl adjacent to an activating group) is 1. The van der Waals surface area contributed by atoms with Crippen molar-refractivity contribution in [1.82, 2.24) is 4.90 Å². The Morgan fingerprint density at radius 2 is 1.75 bits per heavy atom. The zero-order valence-corrected chi connectivity index (χ0v) is 12.7. The lowest BCUT2D eigenvalue weighted by Gasteiger charge is -2.18. The van der Waals surface area contributed by atoms with Crippen LogP contribution in [-0.2, 0) is 17.8 Å². The Morgan fingerprint density at radius 1 is 1.10 bits per heavy atom. The molecule has 0 N–H and O–H groups in total. The number of aryl methyl sites for hydroxylation is 1. The Hall–Kier alpha value is -1.74.